The maximum absolute atomic E-state index is 3.30. The summed E-state index contributed by atoms with van der Waals surface area (Å²) in [4.78, 5) is 3.30. The molecule has 110 valence electrons. The van der Waals surface area contributed by atoms with E-state index in [2.05, 4.69) is 36.6 Å². The zero-order valence-corrected chi connectivity index (χ0v) is 13.3. The van der Waals surface area contributed by atoms with Crippen LogP contribution in [0.25, 0.3) is 0 Å². The van der Waals surface area contributed by atoms with Gasteiger partial charge in [0.2, 0.25) is 0 Å². The lowest BCUT2D eigenvalue weighted by Gasteiger charge is -2.04. The molecule has 1 rings (SSSR count). The molecule has 0 atom stereocenters. The van der Waals surface area contributed by atoms with Crippen LogP contribution in [0, 0.1) is 5.92 Å². The van der Waals surface area contributed by atoms with Gasteiger partial charge in [-0.1, -0.05) is 65.2 Å². The summed E-state index contributed by atoms with van der Waals surface area (Å²) >= 11 is 0. The Morgan fingerprint density at radius 3 is 2.05 bits per heavy atom. The number of aromatic amines is 1. The molecule has 0 amide bonds. The summed E-state index contributed by atoms with van der Waals surface area (Å²) < 4.78 is 2.19. The first-order valence-electron chi connectivity index (χ1n) is 8.22. The molecule has 0 saturated heterocycles. The Balaban J connectivity index is 1.83. The van der Waals surface area contributed by atoms with E-state index >= 15 is 0 Å². The average Bonchev–Trinajstić information content (AvgIpc) is 2.77. The molecule has 0 aromatic carbocycles. The lowest BCUT2D eigenvalue weighted by atomic mass is 10.0. The van der Waals surface area contributed by atoms with Crippen LogP contribution in [0.15, 0.2) is 12.4 Å². The lowest BCUT2D eigenvalue weighted by Crippen LogP contribution is -2.30. The Hall–Kier alpha value is -0.790. The largest absolute Gasteiger partial charge is 0.253 e. The van der Waals surface area contributed by atoms with Crippen molar-refractivity contribution in [2.45, 2.75) is 78.1 Å². The van der Waals surface area contributed by atoms with E-state index in [-0.39, 0.29) is 0 Å². The fourth-order valence-electron chi connectivity index (χ4n) is 2.59. The normalized spacial score (nSPS) is 11.4. The van der Waals surface area contributed by atoms with Crippen molar-refractivity contribution in [2.75, 3.05) is 0 Å². The number of nitrogens with zero attached hydrogens (tertiary/aromatic N) is 1. The van der Waals surface area contributed by atoms with E-state index in [1.54, 1.807) is 0 Å². The lowest BCUT2D eigenvalue weighted by molar-refractivity contribution is -0.677. The first-order valence-corrected chi connectivity index (χ1v) is 8.22. The van der Waals surface area contributed by atoms with Crippen LogP contribution < -0.4 is 4.57 Å². The van der Waals surface area contributed by atoms with Gasteiger partial charge in [0.1, 0.15) is 12.4 Å². The van der Waals surface area contributed by atoms with Gasteiger partial charge >= 0.3 is 0 Å². The molecule has 0 unspecified atom stereocenters. The molecule has 1 heterocycles. The number of hydrogen-bond donors (Lipinski definition) is 1. The number of unbranched alkanes of at least 4 members (excludes halogenated alkanes) is 7. The molecule has 1 aromatic heterocycles. The fraction of sp³-hybridized carbons (Fsp3) is 0.824. The number of imidazole rings is 1. The molecule has 2 heteroatoms. The molecule has 19 heavy (non-hydrogen) atoms. The van der Waals surface area contributed by atoms with Crippen LogP contribution in [0.2, 0.25) is 0 Å². The van der Waals surface area contributed by atoms with Crippen LogP contribution in [0.1, 0.15) is 77.5 Å². The fourth-order valence-corrected chi connectivity index (χ4v) is 2.59. The second-order valence-electron chi connectivity index (χ2n) is 6.28. The zero-order valence-electron chi connectivity index (χ0n) is 13.3. The Labute approximate surface area is 119 Å². The summed E-state index contributed by atoms with van der Waals surface area (Å²) in [6.45, 7) is 4.65. The highest BCUT2D eigenvalue weighted by Crippen LogP contribution is 2.12. The van der Waals surface area contributed by atoms with E-state index in [1.807, 2.05) is 6.20 Å². The number of hydrogen-bond acceptors (Lipinski definition) is 0. The highest BCUT2D eigenvalue weighted by molar-refractivity contribution is 4.76. The topological polar surface area (TPSA) is 19.7 Å². The summed E-state index contributed by atoms with van der Waals surface area (Å²) in [5.74, 6) is 2.24. The van der Waals surface area contributed by atoms with E-state index in [4.69, 9.17) is 0 Å². The number of aryl methyl sites for hydroxylation is 2. The van der Waals surface area contributed by atoms with Gasteiger partial charge in [-0.25, -0.2) is 9.55 Å². The van der Waals surface area contributed by atoms with E-state index in [1.165, 1.54) is 70.0 Å². The van der Waals surface area contributed by atoms with Crippen molar-refractivity contribution in [3.8, 4) is 0 Å². The van der Waals surface area contributed by atoms with Gasteiger partial charge in [0, 0.05) is 6.42 Å². The third kappa shape index (κ3) is 8.07. The Bertz CT molecular complexity index is 315. The van der Waals surface area contributed by atoms with Crippen molar-refractivity contribution in [3.05, 3.63) is 18.2 Å². The van der Waals surface area contributed by atoms with Crippen LogP contribution in [-0.4, -0.2) is 4.98 Å². The minimum atomic E-state index is 0.884. The average molecular weight is 265 g/mol. The first-order chi connectivity index (χ1) is 9.20. The van der Waals surface area contributed by atoms with Gasteiger partial charge in [0.25, 0.3) is 5.82 Å². The Morgan fingerprint density at radius 1 is 0.947 bits per heavy atom. The minimum absolute atomic E-state index is 0.884. The van der Waals surface area contributed by atoms with Gasteiger partial charge in [0.15, 0.2) is 0 Å². The van der Waals surface area contributed by atoms with Crippen molar-refractivity contribution in [2.24, 2.45) is 13.0 Å². The molecule has 0 aliphatic carbocycles. The zero-order chi connectivity index (χ0) is 13.9. The van der Waals surface area contributed by atoms with E-state index in [0.29, 0.717) is 0 Å². The van der Waals surface area contributed by atoms with E-state index < -0.39 is 0 Å². The van der Waals surface area contributed by atoms with Crippen molar-refractivity contribution in [3.63, 3.8) is 0 Å². The predicted molar refractivity (Wildman–Crippen MR) is 82.1 cm³/mol. The number of rotatable bonds is 11. The highest BCUT2D eigenvalue weighted by atomic mass is 15.0. The molecule has 0 aliphatic heterocycles. The van der Waals surface area contributed by atoms with Gasteiger partial charge in [-0.15, -0.1) is 0 Å². The molecule has 0 spiro atoms. The Morgan fingerprint density at radius 2 is 1.53 bits per heavy atom. The first kappa shape index (κ1) is 16.3. The van der Waals surface area contributed by atoms with Crippen molar-refractivity contribution in [1.82, 2.24) is 4.98 Å². The van der Waals surface area contributed by atoms with E-state index in [0.717, 1.165) is 5.92 Å². The summed E-state index contributed by atoms with van der Waals surface area (Å²) in [7, 11) is 2.11. The van der Waals surface area contributed by atoms with Crippen molar-refractivity contribution < 1.29 is 4.57 Å². The monoisotopic (exact) mass is 265 g/mol. The number of aromatic nitrogens is 2. The summed E-state index contributed by atoms with van der Waals surface area (Å²) in [5.41, 5.74) is 0. The van der Waals surface area contributed by atoms with Crippen LogP contribution in [0.3, 0.4) is 0 Å². The molecule has 0 saturated carbocycles. The van der Waals surface area contributed by atoms with Gasteiger partial charge in [-0.2, -0.15) is 0 Å². The van der Waals surface area contributed by atoms with Crippen molar-refractivity contribution >= 4 is 0 Å². The van der Waals surface area contributed by atoms with Crippen LogP contribution in [0.5, 0.6) is 0 Å². The summed E-state index contributed by atoms with van der Waals surface area (Å²) in [5, 5.41) is 0. The molecule has 1 aromatic rings. The molecular weight excluding hydrogens is 232 g/mol. The van der Waals surface area contributed by atoms with Gasteiger partial charge in [0.05, 0.1) is 7.05 Å². The molecule has 0 bridgehead atoms. The third-order valence-electron chi connectivity index (χ3n) is 3.92. The summed E-state index contributed by atoms with van der Waals surface area (Å²) in [6, 6.07) is 0. The molecule has 0 radical (unpaired) electrons. The SMILES string of the molecule is CC(C)CCCCCCCCCCc1[nH]cc[n+]1C. The molecule has 2 nitrogen and oxygen atoms in total. The number of nitrogens with one attached hydrogen (secondary N) is 1. The van der Waals surface area contributed by atoms with Crippen LogP contribution in [0.4, 0.5) is 0 Å². The van der Waals surface area contributed by atoms with Gasteiger partial charge < -0.3 is 0 Å². The molecule has 0 aliphatic rings. The van der Waals surface area contributed by atoms with Gasteiger partial charge in [-0.3, -0.25) is 0 Å². The maximum atomic E-state index is 3.30. The summed E-state index contributed by atoms with van der Waals surface area (Å²) in [6.07, 6.45) is 18.0. The van der Waals surface area contributed by atoms with Crippen LogP contribution in [-0.2, 0) is 13.5 Å². The third-order valence-corrected chi connectivity index (χ3v) is 3.92. The predicted octanol–water partition coefficient (Wildman–Crippen LogP) is 4.55. The Kier molecular flexibility index (Phi) is 8.61. The second kappa shape index (κ2) is 10.1. The van der Waals surface area contributed by atoms with Gasteiger partial charge in [-0.05, 0) is 12.3 Å². The quantitative estimate of drug-likeness (QED) is 0.447. The maximum Gasteiger partial charge on any atom is 0.253 e. The van der Waals surface area contributed by atoms with Crippen molar-refractivity contribution in [1.29, 1.82) is 0 Å². The minimum Gasteiger partial charge on any atom is -0.248 e. The number of H-pyrrole nitrogens is 1. The smallest absolute Gasteiger partial charge is 0.248 e. The highest BCUT2D eigenvalue weighted by Gasteiger charge is 2.04. The molecular formula is C17H33N2+. The van der Waals surface area contributed by atoms with Crippen LogP contribution >= 0.6 is 0 Å². The standard InChI is InChI=1S/C17H32N2/c1-16(2)12-10-8-6-4-5-7-9-11-13-17-18-14-15-19(17)3/h14-16H,4-13H2,1-3H3/p+1. The molecule has 0 fully saturated rings. The van der Waals surface area contributed by atoms with E-state index in [9.17, 15) is 0 Å². The second-order valence-corrected chi connectivity index (χ2v) is 6.28. The molecule has 1 N–H and O–H groups in total.